The van der Waals surface area contributed by atoms with Crippen molar-refractivity contribution in [3.63, 3.8) is 0 Å². The average molecular weight is 470 g/mol. The summed E-state index contributed by atoms with van der Waals surface area (Å²) in [6.45, 7) is 4.18. The Balaban J connectivity index is 0.000000396. The zero-order valence-electron chi connectivity index (χ0n) is 20.1. The van der Waals surface area contributed by atoms with Gasteiger partial charge < -0.3 is 19.9 Å². The van der Waals surface area contributed by atoms with Gasteiger partial charge >= 0.3 is 0 Å². The second kappa shape index (κ2) is 11.7. The molecule has 4 rings (SSSR count). The van der Waals surface area contributed by atoms with E-state index in [1.165, 1.54) is 44.2 Å². The van der Waals surface area contributed by atoms with Gasteiger partial charge in [0.05, 0.1) is 20.8 Å². The molecule has 1 heterocycles. The Hall–Kier alpha value is -3.26. The SMILES string of the molecule is C=CC1(COc2ccccc2)c2cc(OC)c(OC)cc2CCN1[N+](=O)[O-].NC1CCCCC1. The number of hydrogen-bond donors (Lipinski definition) is 1. The van der Waals surface area contributed by atoms with Crippen molar-refractivity contribution in [2.24, 2.45) is 5.73 Å². The fraction of sp³-hybridized carbons (Fsp3) is 0.462. The number of benzene rings is 2. The maximum Gasteiger partial charge on any atom is 0.177 e. The number of nitro groups is 1. The molecule has 184 valence electrons. The normalized spacial score (nSPS) is 19.8. The molecule has 34 heavy (non-hydrogen) atoms. The monoisotopic (exact) mass is 469 g/mol. The lowest BCUT2D eigenvalue weighted by Crippen LogP contribution is -2.55. The summed E-state index contributed by atoms with van der Waals surface area (Å²) < 4.78 is 16.7. The maximum atomic E-state index is 11.8. The Morgan fingerprint density at radius 2 is 1.79 bits per heavy atom. The Morgan fingerprint density at radius 1 is 1.15 bits per heavy atom. The molecule has 0 bridgehead atoms. The lowest BCUT2D eigenvalue weighted by atomic mass is 9.81. The van der Waals surface area contributed by atoms with E-state index in [0.717, 1.165) is 11.1 Å². The molecule has 0 amide bonds. The van der Waals surface area contributed by atoms with E-state index in [0.29, 0.717) is 29.7 Å². The Morgan fingerprint density at radius 3 is 2.32 bits per heavy atom. The van der Waals surface area contributed by atoms with Crippen LogP contribution in [-0.2, 0) is 12.0 Å². The molecule has 0 radical (unpaired) electrons. The molecule has 1 unspecified atom stereocenters. The lowest BCUT2D eigenvalue weighted by Gasteiger charge is -2.40. The van der Waals surface area contributed by atoms with Crippen molar-refractivity contribution in [2.45, 2.75) is 50.1 Å². The van der Waals surface area contributed by atoms with E-state index in [-0.39, 0.29) is 13.2 Å². The number of fused-ring (bicyclic) bond motifs is 1. The minimum atomic E-state index is -1.13. The highest BCUT2D eigenvalue weighted by Gasteiger charge is 2.48. The molecule has 0 spiro atoms. The molecular weight excluding hydrogens is 434 g/mol. The average Bonchev–Trinajstić information content (AvgIpc) is 2.87. The molecule has 0 saturated heterocycles. The maximum absolute atomic E-state index is 11.8. The molecule has 2 N–H and O–H groups in total. The van der Waals surface area contributed by atoms with Crippen LogP contribution in [0.1, 0.15) is 43.2 Å². The largest absolute Gasteiger partial charge is 0.493 e. The third-order valence-electron chi connectivity index (χ3n) is 6.52. The molecule has 1 aliphatic heterocycles. The third-order valence-corrected chi connectivity index (χ3v) is 6.52. The summed E-state index contributed by atoms with van der Waals surface area (Å²) in [6, 6.07) is 13.4. The van der Waals surface area contributed by atoms with E-state index >= 15 is 0 Å². The molecule has 1 aliphatic carbocycles. The summed E-state index contributed by atoms with van der Waals surface area (Å²) in [5, 5.41) is 12.6. The van der Waals surface area contributed by atoms with Crippen LogP contribution in [0.4, 0.5) is 0 Å². The molecule has 2 aromatic rings. The van der Waals surface area contributed by atoms with Crippen molar-refractivity contribution < 1.29 is 19.2 Å². The molecule has 8 nitrogen and oxygen atoms in total. The third kappa shape index (κ3) is 5.62. The summed E-state index contributed by atoms with van der Waals surface area (Å²) in [5.74, 6) is 1.73. The molecule has 2 aliphatic rings. The zero-order valence-corrected chi connectivity index (χ0v) is 20.1. The van der Waals surface area contributed by atoms with Gasteiger partial charge in [0.25, 0.3) is 0 Å². The van der Waals surface area contributed by atoms with Crippen LogP contribution in [-0.4, -0.2) is 43.5 Å². The van der Waals surface area contributed by atoms with Crippen LogP contribution >= 0.6 is 0 Å². The van der Waals surface area contributed by atoms with Gasteiger partial charge in [-0.3, -0.25) is 0 Å². The fourth-order valence-corrected chi connectivity index (χ4v) is 4.59. The van der Waals surface area contributed by atoms with E-state index in [9.17, 15) is 10.1 Å². The van der Waals surface area contributed by atoms with Gasteiger partial charge in [0.1, 0.15) is 12.4 Å². The van der Waals surface area contributed by atoms with E-state index in [4.69, 9.17) is 19.9 Å². The van der Waals surface area contributed by atoms with Gasteiger partial charge in [-0.25, -0.2) is 10.1 Å². The second-order valence-electron chi connectivity index (χ2n) is 8.60. The predicted octanol–water partition coefficient (Wildman–Crippen LogP) is 4.49. The van der Waals surface area contributed by atoms with Crippen LogP contribution in [0.5, 0.6) is 17.2 Å². The van der Waals surface area contributed by atoms with Gasteiger partial charge in [-0.2, -0.15) is 0 Å². The van der Waals surface area contributed by atoms with Crippen LogP contribution in [0.15, 0.2) is 55.1 Å². The van der Waals surface area contributed by atoms with Crippen molar-refractivity contribution in [1.82, 2.24) is 5.01 Å². The van der Waals surface area contributed by atoms with E-state index in [1.54, 1.807) is 19.3 Å². The van der Waals surface area contributed by atoms with Crippen molar-refractivity contribution in [2.75, 3.05) is 27.4 Å². The molecular formula is C26H35N3O5. The van der Waals surface area contributed by atoms with Crippen molar-refractivity contribution in [3.8, 4) is 17.2 Å². The van der Waals surface area contributed by atoms with Crippen LogP contribution in [0.2, 0.25) is 0 Å². The molecule has 1 fully saturated rings. The van der Waals surface area contributed by atoms with Gasteiger partial charge in [0.15, 0.2) is 22.1 Å². The lowest BCUT2D eigenvalue weighted by molar-refractivity contribution is -0.676. The number of methoxy groups -OCH3 is 2. The first-order valence-corrected chi connectivity index (χ1v) is 11.7. The van der Waals surface area contributed by atoms with Crippen molar-refractivity contribution in [3.05, 3.63) is 76.4 Å². The van der Waals surface area contributed by atoms with Crippen molar-refractivity contribution >= 4 is 0 Å². The zero-order chi connectivity index (χ0) is 24.6. The number of para-hydroxylation sites is 1. The Labute approximate surface area is 201 Å². The summed E-state index contributed by atoms with van der Waals surface area (Å²) in [7, 11) is 3.10. The first-order valence-electron chi connectivity index (χ1n) is 11.7. The van der Waals surface area contributed by atoms with E-state index in [1.807, 2.05) is 36.4 Å². The van der Waals surface area contributed by atoms with E-state index < -0.39 is 10.6 Å². The number of hydrogen-bond acceptors (Lipinski definition) is 6. The molecule has 8 heteroatoms. The van der Waals surface area contributed by atoms with Crippen molar-refractivity contribution in [1.29, 1.82) is 0 Å². The highest BCUT2D eigenvalue weighted by molar-refractivity contribution is 5.52. The fourth-order valence-electron chi connectivity index (χ4n) is 4.59. The minimum absolute atomic E-state index is 0.0456. The first kappa shape index (κ1) is 25.4. The van der Waals surface area contributed by atoms with Gasteiger partial charge in [-0.1, -0.05) is 43.5 Å². The smallest absolute Gasteiger partial charge is 0.177 e. The molecule has 0 aromatic heterocycles. The predicted molar refractivity (Wildman–Crippen MR) is 132 cm³/mol. The Bertz CT molecular complexity index is 962. The minimum Gasteiger partial charge on any atom is -0.493 e. The van der Waals surface area contributed by atoms with E-state index in [2.05, 4.69) is 6.58 Å². The summed E-state index contributed by atoms with van der Waals surface area (Å²) >= 11 is 0. The summed E-state index contributed by atoms with van der Waals surface area (Å²) in [4.78, 5) is 11.8. The number of nitrogens with two attached hydrogens (primary N) is 1. The first-order chi connectivity index (χ1) is 16.4. The van der Waals surface area contributed by atoms with Gasteiger partial charge in [0, 0.05) is 6.04 Å². The number of rotatable bonds is 7. The standard InChI is InChI=1S/C20H22N2O5.C6H13N/c1-4-20(14-27-16-8-6-5-7-9-16)17-13-19(26-3)18(25-2)12-15(17)10-11-21(20)22(23)24;7-6-4-2-1-3-5-6/h4-9,12-13H,1,10-11,14H2,2-3H3;6H,1-5,7H2. The number of ether oxygens (including phenoxy) is 3. The molecule has 1 atom stereocenters. The summed E-state index contributed by atoms with van der Waals surface area (Å²) in [6.07, 6.45) is 8.75. The topological polar surface area (TPSA) is 100 Å². The van der Waals surface area contributed by atoms with Crippen LogP contribution in [0, 0.1) is 10.1 Å². The Kier molecular flexibility index (Phi) is 8.76. The van der Waals surface area contributed by atoms with Crippen LogP contribution in [0.25, 0.3) is 0 Å². The van der Waals surface area contributed by atoms with Gasteiger partial charge in [0.2, 0.25) is 0 Å². The number of hydrazine groups is 1. The van der Waals surface area contributed by atoms with Gasteiger partial charge in [-0.15, -0.1) is 11.6 Å². The quantitative estimate of drug-likeness (QED) is 0.362. The van der Waals surface area contributed by atoms with Crippen LogP contribution in [0.3, 0.4) is 0 Å². The van der Waals surface area contributed by atoms with Crippen LogP contribution < -0.4 is 19.9 Å². The van der Waals surface area contributed by atoms with Gasteiger partial charge in [-0.05, 0) is 54.7 Å². The summed E-state index contributed by atoms with van der Waals surface area (Å²) in [5.41, 5.74) is 6.18. The molecule has 1 saturated carbocycles. The number of nitrogens with zero attached hydrogens (tertiary/aromatic N) is 2. The molecule has 2 aromatic carbocycles. The highest BCUT2D eigenvalue weighted by Crippen LogP contribution is 2.42. The second-order valence-corrected chi connectivity index (χ2v) is 8.60. The highest BCUT2D eigenvalue weighted by atomic mass is 16.7.